The average Bonchev–Trinajstić information content (AvgIpc) is 2.89. The SMILES string of the molecule is BC1(B)C2C[C@@](O)(CO)C[C@H](C1(B)B)[C@@]2(B)S(=O)(=O)c1cc(C(=O)Nc2cc(F)c(F)c(F)c2)ccc1Cl. The van der Waals surface area contributed by atoms with Gasteiger partial charge in [-0.3, -0.25) is 4.79 Å². The molecule has 4 atom stereocenters. The summed E-state index contributed by atoms with van der Waals surface area (Å²) < 4.78 is 67.9. The molecule has 0 heterocycles. The normalized spacial score (nSPS) is 29.6. The van der Waals surface area contributed by atoms with Crippen LogP contribution in [0.2, 0.25) is 15.5 Å². The van der Waals surface area contributed by atoms with Crippen molar-refractivity contribution in [1.29, 1.82) is 0 Å². The Hall–Kier alpha value is -1.82. The molecule has 2 bridgehead atoms. The van der Waals surface area contributed by atoms with Crippen molar-refractivity contribution < 1.29 is 36.6 Å². The van der Waals surface area contributed by atoms with Gasteiger partial charge in [-0.2, -0.15) is 0 Å². The van der Waals surface area contributed by atoms with E-state index in [-0.39, 0.29) is 34.0 Å². The van der Waals surface area contributed by atoms with Crippen LogP contribution in [0.25, 0.3) is 0 Å². The fourth-order valence-corrected chi connectivity index (χ4v) is 9.76. The maximum Gasteiger partial charge on any atom is 0.255 e. The largest absolute Gasteiger partial charge is 0.393 e. The third-order valence-corrected chi connectivity index (χ3v) is 12.6. The van der Waals surface area contributed by atoms with E-state index in [4.69, 9.17) is 11.6 Å². The lowest BCUT2D eigenvalue weighted by molar-refractivity contribution is -0.0643. The van der Waals surface area contributed by atoms with Crippen molar-refractivity contribution in [2.24, 2.45) is 11.8 Å². The van der Waals surface area contributed by atoms with Crippen molar-refractivity contribution in [2.45, 2.75) is 38.4 Å². The summed E-state index contributed by atoms with van der Waals surface area (Å²) in [4.78, 5) is 12.6. The van der Waals surface area contributed by atoms with Crippen LogP contribution in [-0.2, 0) is 9.84 Å². The Balaban J connectivity index is 1.78. The Kier molecular flexibility index (Phi) is 6.99. The van der Waals surface area contributed by atoms with Crippen LogP contribution < -0.4 is 5.32 Å². The molecule has 1 amide bonds. The van der Waals surface area contributed by atoms with Crippen molar-refractivity contribution >= 4 is 72.3 Å². The number of benzene rings is 2. The van der Waals surface area contributed by atoms with Crippen molar-refractivity contribution in [2.75, 3.05) is 11.9 Å². The molecular weight excluding hydrogens is 537 g/mol. The third-order valence-electron chi connectivity index (χ3n) is 9.55. The molecule has 2 aliphatic carbocycles. The maximum atomic E-state index is 14.4. The van der Waals surface area contributed by atoms with Gasteiger partial charge in [-0.05, 0) is 42.9 Å². The van der Waals surface area contributed by atoms with E-state index in [9.17, 15) is 36.6 Å². The smallest absolute Gasteiger partial charge is 0.255 e. The lowest BCUT2D eigenvalue weighted by Crippen LogP contribution is -2.59. The number of hydrogen-bond donors (Lipinski definition) is 3. The second kappa shape index (κ2) is 9.11. The monoisotopic (exact) mass is 563 g/mol. The molecule has 2 aromatic rings. The van der Waals surface area contributed by atoms with Gasteiger partial charge >= 0.3 is 0 Å². The molecule has 16 heteroatoms. The number of sulfone groups is 1. The van der Waals surface area contributed by atoms with E-state index in [1.165, 1.54) is 12.1 Å². The summed E-state index contributed by atoms with van der Waals surface area (Å²) >= 11 is 6.39. The van der Waals surface area contributed by atoms with E-state index >= 15 is 0 Å². The van der Waals surface area contributed by atoms with Crippen LogP contribution in [-0.4, -0.2) is 80.6 Å². The van der Waals surface area contributed by atoms with Gasteiger partial charge in [0.05, 0.1) is 53.5 Å². The molecule has 0 aliphatic heterocycles. The summed E-state index contributed by atoms with van der Waals surface area (Å²) in [6, 6.07) is 4.85. The highest BCUT2D eigenvalue weighted by atomic mass is 35.5. The first-order valence-corrected chi connectivity index (χ1v) is 14.0. The quantitative estimate of drug-likeness (QED) is 0.309. The maximum absolute atomic E-state index is 14.4. The molecule has 3 N–H and O–H groups in total. The van der Waals surface area contributed by atoms with Gasteiger partial charge in [-0.25, -0.2) is 21.6 Å². The zero-order chi connectivity index (χ0) is 28.6. The molecule has 0 radical (unpaired) electrons. The molecule has 6 nitrogen and oxygen atoms in total. The molecule has 4 rings (SSSR count). The van der Waals surface area contributed by atoms with Gasteiger partial charge in [-0.1, -0.05) is 22.0 Å². The topological polar surface area (TPSA) is 104 Å². The van der Waals surface area contributed by atoms with Crippen molar-refractivity contribution in [1.82, 2.24) is 0 Å². The van der Waals surface area contributed by atoms with E-state index in [2.05, 4.69) is 5.32 Å². The Morgan fingerprint density at radius 1 is 1.00 bits per heavy atom. The number of hydrogen-bond acceptors (Lipinski definition) is 5. The van der Waals surface area contributed by atoms with Crippen molar-refractivity contribution in [3.8, 4) is 0 Å². The molecule has 198 valence electrons. The van der Waals surface area contributed by atoms with Gasteiger partial charge < -0.3 is 15.5 Å². The van der Waals surface area contributed by atoms with E-state index in [0.717, 1.165) is 6.07 Å². The lowest BCUT2D eigenvalue weighted by Gasteiger charge is -2.49. The number of carbonyl (C=O) groups is 1. The molecule has 0 aromatic heterocycles. The minimum atomic E-state index is -4.25. The second-order valence-electron chi connectivity index (χ2n) is 11.9. The predicted octanol–water partition coefficient (Wildman–Crippen LogP) is -1.36. The molecule has 2 aromatic carbocycles. The van der Waals surface area contributed by atoms with Gasteiger partial charge in [-0.15, -0.1) is 0 Å². The van der Waals surface area contributed by atoms with Gasteiger partial charge in [0.25, 0.3) is 5.91 Å². The van der Waals surface area contributed by atoms with Crippen molar-refractivity contribution in [3.63, 3.8) is 0 Å². The number of aliphatic hydroxyl groups excluding tert-OH is 1. The van der Waals surface area contributed by atoms with Crippen LogP contribution in [0.1, 0.15) is 23.2 Å². The minimum absolute atomic E-state index is 0.0612. The highest BCUT2D eigenvalue weighted by Gasteiger charge is 2.73. The second-order valence-corrected chi connectivity index (χ2v) is 14.6. The van der Waals surface area contributed by atoms with Crippen LogP contribution in [0, 0.1) is 29.3 Å². The average molecular weight is 563 g/mol. The van der Waals surface area contributed by atoms with E-state index < -0.39 is 72.3 Å². The van der Waals surface area contributed by atoms with Crippen molar-refractivity contribution in [3.05, 3.63) is 58.4 Å². The number of nitrogens with one attached hydrogen (secondary N) is 1. The Morgan fingerprint density at radius 3 is 1.97 bits per heavy atom. The van der Waals surface area contributed by atoms with Gasteiger partial charge in [0.2, 0.25) is 0 Å². The van der Waals surface area contributed by atoms with Crippen LogP contribution in [0.15, 0.2) is 35.2 Å². The van der Waals surface area contributed by atoms with Crippen LogP contribution in [0.3, 0.4) is 0 Å². The highest BCUT2D eigenvalue weighted by Crippen LogP contribution is 2.73. The first-order valence-electron chi connectivity index (χ1n) is 12.2. The Morgan fingerprint density at radius 2 is 1.50 bits per heavy atom. The summed E-state index contributed by atoms with van der Waals surface area (Å²) in [5.74, 6) is -6.68. The minimum Gasteiger partial charge on any atom is -0.393 e. The standard InChI is InChI=1S/C22H26B5ClF3NO5S/c23-20(15-6-19(35,8-33)7-16(20)22(26,27)21(15,24)25)38(36,37)14-3-9(1-2-11(14)28)18(34)32-10-4-12(29)17(31)13(30)5-10/h1-5,15-16,33,35H,6-8,23-27H2,(H,32,34)/t15-,16?,19+,20+/m0/s1. The molecule has 2 fully saturated rings. The summed E-state index contributed by atoms with van der Waals surface area (Å²) in [5, 5.41) is 22.0. The van der Waals surface area contributed by atoms with E-state index in [1.54, 1.807) is 7.85 Å². The summed E-state index contributed by atoms with van der Waals surface area (Å²) in [6.45, 7) is -0.497. The fraction of sp³-hybridized carbons (Fsp3) is 0.409. The fourth-order valence-electron chi connectivity index (χ4n) is 6.75. The molecule has 38 heavy (non-hydrogen) atoms. The molecular formula is C22H26B5ClF3NO5S. The van der Waals surface area contributed by atoms with E-state index in [0.29, 0.717) is 12.1 Å². The molecule has 2 saturated carbocycles. The molecule has 1 unspecified atom stereocenters. The molecule has 2 aliphatic rings. The number of amides is 1. The van der Waals surface area contributed by atoms with E-state index in [1.807, 2.05) is 31.4 Å². The summed E-state index contributed by atoms with van der Waals surface area (Å²) in [5.41, 5.74) is -1.93. The zero-order valence-electron chi connectivity index (χ0n) is 21.7. The number of aliphatic hydroxyl groups is 2. The molecule has 0 saturated heterocycles. The predicted molar refractivity (Wildman–Crippen MR) is 152 cm³/mol. The Bertz CT molecular complexity index is 1400. The molecule has 0 spiro atoms. The zero-order valence-corrected chi connectivity index (χ0v) is 23.3. The van der Waals surface area contributed by atoms with Crippen LogP contribution in [0.5, 0.6) is 0 Å². The lowest BCUT2D eigenvalue weighted by atomic mass is 9.28. The van der Waals surface area contributed by atoms with Gasteiger partial charge in [0.1, 0.15) is 7.85 Å². The number of halogens is 4. The third kappa shape index (κ3) is 4.07. The van der Waals surface area contributed by atoms with Gasteiger partial charge in [0, 0.05) is 28.0 Å². The number of rotatable bonds is 5. The summed E-state index contributed by atoms with van der Waals surface area (Å²) in [7, 11) is 5.22. The van der Waals surface area contributed by atoms with Crippen LogP contribution >= 0.6 is 11.6 Å². The number of carbonyl (C=O) groups excluding carboxylic acids is 1. The first-order chi connectivity index (χ1) is 17.3. The summed E-state index contributed by atoms with van der Waals surface area (Å²) in [6.07, 6.45) is 0.122. The number of anilines is 1. The Labute approximate surface area is 229 Å². The van der Waals surface area contributed by atoms with Crippen LogP contribution in [0.4, 0.5) is 18.9 Å². The highest BCUT2D eigenvalue weighted by molar-refractivity contribution is 7.94. The number of fused-ring (bicyclic) bond motifs is 2. The first kappa shape index (κ1) is 29.2. The van der Waals surface area contributed by atoms with Gasteiger partial charge in [0.15, 0.2) is 27.3 Å².